The molecule has 0 aliphatic carbocycles. The SMILES string of the molecule is C[C@H](CCCC(=O)OC(C)(C)C)OC(=O)Cc1cc(OCc2ccccc2)cc(OCc2ccccc2)c1. The average molecular weight is 519 g/mol. The molecule has 0 heterocycles. The van der Waals surface area contributed by atoms with Gasteiger partial charge in [-0.05, 0) is 69.4 Å². The summed E-state index contributed by atoms with van der Waals surface area (Å²) in [4.78, 5) is 24.6. The normalized spacial score (nSPS) is 11.9. The predicted octanol–water partition coefficient (Wildman–Crippen LogP) is 6.83. The number of rotatable bonds is 13. The molecule has 0 saturated carbocycles. The smallest absolute Gasteiger partial charge is 0.310 e. The highest BCUT2D eigenvalue weighted by atomic mass is 16.6. The summed E-state index contributed by atoms with van der Waals surface area (Å²) in [5, 5.41) is 0. The first-order valence-corrected chi connectivity index (χ1v) is 13.0. The zero-order chi connectivity index (χ0) is 27.4. The largest absolute Gasteiger partial charge is 0.489 e. The Morgan fingerprint density at radius 3 is 1.76 bits per heavy atom. The van der Waals surface area contributed by atoms with Crippen LogP contribution in [0.25, 0.3) is 0 Å². The van der Waals surface area contributed by atoms with Gasteiger partial charge in [-0.3, -0.25) is 9.59 Å². The Bertz CT molecular complexity index is 1090. The second kappa shape index (κ2) is 14.2. The molecule has 0 bridgehead atoms. The van der Waals surface area contributed by atoms with Gasteiger partial charge in [-0.25, -0.2) is 0 Å². The Hall–Kier alpha value is -3.80. The minimum atomic E-state index is -0.502. The Balaban J connectivity index is 1.58. The number of carbonyl (C=O) groups excluding carboxylic acids is 2. The second-order valence-electron chi connectivity index (χ2n) is 10.3. The van der Waals surface area contributed by atoms with Crippen molar-refractivity contribution in [2.75, 3.05) is 0 Å². The zero-order valence-corrected chi connectivity index (χ0v) is 22.8. The van der Waals surface area contributed by atoms with Crippen molar-refractivity contribution in [1.29, 1.82) is 0 Å². The first kappa shape index (κ1) is 28.8. The average Bonchev–Trinajstić information content (AvgIpc) is 2.86. The van der Waals surface area contributed by atoms with E-state index in [9.17, 15) is 9.59 Å². The molecular formula is C32H38O6. The number of carbonyl (C=O) groups is 2. The summed E-state index contributed by atoms with van der Waals surface area (Å²) >= 11 is 0. The van der Waals surface area contributed by atoms with Gasteiger partial charge in [0.1, 0.15) is 30.3 Å². The number of benzene rings is 3. The first-order valence-electron chi connectivity index (χ1n) is 13.0. The summed E-state index contributed by atoms with van der Waals surface area (Å²) in [5.74, 6) is 0.649. The summed E-state index contributed by atoms with van der Waals surface area (Å²) in [7, 11) is 0. The topological polar surface area (TPSA) is 71.1 Å². The lowest BCUT2D eigenvalue weighted by atomic mass is 10.1. The van der Waals surface area contributed by atoms with Crippen molar-refractivity contribution >= 4 is 11.9 Å². The van der Waals surface area contributed by atoms with Crippen LogP contribution < -0.4 is 9.47 Å². The molecule has 202 valence electrons. The van der Waals surface area contributed by atoms with Crippen molar-refractivity contribution in [3.8, 4) is 11.5 Å². The maximum Gasteiger partial charge on any atom is 0.310 e. The number of ether oxygens (including phenoxy) is 4. The van der Waals surface area contributed by atoms with E-state index >= 15 is 0 Å². The maximum absolute atomic E-state index is 12.7. The van der Waals surface area contributed by atoms with Gasteiger partial charge in [0.15, 0.2) is 0 Å². The minimum absolute atomic E-state index is 0.0840. The number of hydrogen-bond acceptors (Lipinski definition) is 6. The van der Waals surface area contributed by atoms with Crippen LogP contribution >= 0.6 is 0 Å². The summed E-state index contributed by atoms with van der Waals surface area (Å²) in [5.41, 5.74) is 2.33. The van der Waals surface area contributed by atoms with Gasteiger partial charge in [0.05, 0.1) is 12.5 Å². The third kappa shape index (κ3) is 11.1. The molecule has 0 unspecified atom stereocenters. The van der Waals surface area contributed by atoms with Crippen LogP contribution in [0.4, 0.5) is 0 Å². The fourth-order valence-electron chi connectivity index (χ4n) is 3.80. The molecule has 0 aliphatic rings. The van der Waals surface area contributed by atoms with Crippen molar-refractivity contribution in [2.24, 2.45) is 0 Å². The molecule has 3 aromatic rings. The van der Waals surface area contributed by atoms with E-state index in [0.29, 0.717) is 44.0 Å². The molecule has 0 N–H and O–H groups in total. The van der Waals surface area contributed by atoms with Crippen molar-refractivity contribution in [2.45, 2.75) is 78.3 Å². The van der Waals surface area contributed by atoms with Gasteiger partial charge in [0, 0.05) is 12.5 Å². The highest BCUT2D eigenvalue weighted by Gasteiger charge is 2.17. The van der Waals surface area contributed by atoms with Crippen LogP contribution in [0.2, 0.25) is 0 Å². The molecule has 0 saturated heterocycles. The quantitative estimate of drug-likeness (QED) is 0.231. The number of hydrogen-bond donors (Lipinski definition) is 0. The highest BCUT2D eigenvalue weighted by Crippen LogP contribution is 2.26. The van der Waals surface area contributed by atoms with E-state index < -0.39 is 5.60 Å². The van der Waals surface area contributed by atoms with E-state index in [1.807, 2.05) is 107 Å². The van der Waals surface area contributed by atoms with Crippen LogP contribution in [0.15, 0.2) is 78.9 Å². The van der Waals surface area contributed by atoms with Crippen molar-refractivity contribution < 1.29 is 28.5 Å². The highest BCUT2D eigenvalue weighted by molar-refractivity contribution is 5.73. The van der Waals surface area contributed by atoms with Gasteiger partial charge < -0.3 is 18.9 Å². The van der Waals surface area contributed by atoms with Gasteiger partial charge in [0.2, 0.25) is 0 Å². The molecule has 3 rings (SSSR count). The monoisotopic (exact) mass is 518 g/mol. The molecule has 0 aliphatic heterocycles. The van der Waals surface area contributed by atoms with Crippen molar-refractivity contribution in [3.63, 3.8) is 0 Å². The lowest BCUT2D eigenvalue weighted by Gasteiger charge is -2.19. The molecule has 6 heteroatoms. The molecule has 6 nitrogen and oxygen atoms in total. The fourth-order valence-corrected chi connectivity index (χ4v) is 3.80. The molecule has 0 aromatic heterocycles. The van der Waals surface area contributed by atoms with E-state index in [0.717, 1.165) is 16.7 Å². The first-order chi connectivity index (χ1) is 18.2. The third-order valence-electron chi connectivity index (χ3n) is 5.53. The maximum atomic E-state index is 12.7. The summed E-state index contributed by atoms with van der Waals surface area (Å²) < 4.78 is 23.0. The predicted molar refractivity (Wildman–Crippen MR) is 147 cm³/mol. The van der Waals surface area contributed by atoms with Crippen LogP contribution in [0.3, 0.4) is 0 Å². The van der Waals surface area contributed by atoms with E-state index in [4.69, 9.17) is 18.9 Å². The summed E-state index contributed by atoms with van der Waals surface area (Å²) in [6.45, 7) is 8.17. The van der Waals surface area contributed by atoms with Crippen molar-refractivity contribution in [1.82, 2.24) is 0 Å². The molecule has 38 heavy (non-hydrogen) atoms. The molecule has 0 radical (unpaired) electrons. The van der Waals surface area contributed by atoms with Gasteiger partial charge in [-0.2, -0.15) is 0 Å². The van der Waals surface area contributed by atoms with Crippen molar-refractivity contribution in [3.05, 3.63) is 95.6 Å². The lowest BCUT2D eigenvalue weighted by molar-refractivity contribution is -0.155. The Morgan fingerprint density at radius 2 is 1.26 bits per heavy atom. The van der Waals surface area contributed by atoms with Gasteiger partial charge in [-0.1, -0.05) is 60.7 Å². The van der Waals surface area contributed by atoms with Crippen LogP contribution in [0.5, 0.6) is 11.5 Å². The van der Waals surface area contributed by atoms with Crippen LogP contribution in [-0.4, -0.2) is 23.6 Å². The Labute approximate surface area is 225 Å². The molecule has 0 fully saturated rings. The van der Waals surface area contributed by atoms with Gasteiger partial charge >= 0.3 is 11.9 Å². The van der Waals surface area contributed by atoms with Crippen LogP contribution in [-0.2, 0) is 38.7 Å². The van der Waals surface area contributed by atoms with E-state index in [1.54, 1.807) is 0 Å². The molecule has 0 amide bonds. The molecule has 0 spiro atoms. The molecule has 1 atom stereocenters. The number of esters is 2. The van der Waals surface area contributed by atoms with E-state index in [-0.39, 0.29) is 24.5 Å². The zero-order valence-electron chi connectivity index (χ0n) is 22.8. The Morgan fingerprint density at radius 1 is 0.737 bits per heavy atom. The molecular weight excluding hydrogens is 480 g/mol. The Kier molecular flexibility index (Phi) is 10.8. The lowest BCUT2D eigenvalue weighted by Crippen LogP contribution is -2.24. The van der Waals surface area contributed by atoms with Crippen LogP contribution in [0, 0.1) is 0 Å². The van der Waals surface area contributed by atoms with Gasteiger partial charge in [-0.15, -0.1) is 0 Å². The minimum Gasteiger partial charge on any atom is -0.489 e. The van der Waals surface area contributed by atoms with E-state index in [2.05, 4.69) is 0 Å². The van der Waals surface area contributed by atoms with Crippen LogP contribution in [0.1, 0.15) is 63.6 Å². The summed E-state index contributed by atoms with van der Waals surface area (Å²) in [6.07, 6.45) is 1.24. The third-order valence-corrected chi connectivity index (χ3v) is 5.53. The summed E-state index contributed by atoms with van der Waals surface area (Å²) in [6, 6.07) is 25.3. The molecule has 3 aromatic carbocycles. The van der Waals surface area contributed by atoms with Gasteiger partial charge in [0.25, 0.3) is 0 Å². The van der Waals surface area contributed by atoms with E-state index in [1.165, 1.54) is 0 Å². The fraction of sp³-hybridized carbons (Fsp3) is 0.375. The standard InChI is InChI=1S/C32H38O6/c1-24(12-11-17-30(33)38-32(2,3)4)37-31(34)20-27-18-28(35-22-25-13-7-5-8-14-25)21-29(19-27)36-23-26-15-9-6-10-16-26/h5-10,13-16,18-19,21,24H,11-12,17,20,22-23H2,1-4H3/t24-/m1/s1. The second-order valence-corrected chi connectivity index (χ2v) is 10.3.